The summed E-state index contributed by atoms with van der Waals surface area (Å²) in [6.45, 7) is 14.8. The number of likely N-dealkylation sites (N-methyl/N-ethyl adjacent to an activating group) is 3. The number of nitrogens with one attached hydrogen (secondary N) is 7. The van der Waals surface area contributed by atoms with E-state index in [1.165, 1.54) is 11.8 Å². The number of carboxylic acid groups (broad SMARTS) is 1. The maximum absolute atomic E-state index is 14.0. The van der Waals surface area contributed by atoms with Crippen LogP contribution in [0.1, 0.15) is 79.4 Å². The van der Waals surface area contributed by atoms with Gasteiger partial charge in [-0.3, -0.25) is 24.5 Å². The van der Waals surface area contributed by atoms with Crippen LogP contribution in [0.5, 0.6) is 0 Å². The van der Waals surface area contributed by atoms with Crippen LogP contribution >= 0.6 is 0 Å². The minimum atomic E-state index is -1.07. The zero-order valence-corrected chi connectivity index (χ0v) is 37.9. The van der Waals surface area contributed by atoms with E-state index in [1.807, 2.05) is 48.5 Å². The highest BCUT2D eigenvalue weighted by atomic mass is 16.5. The number of amides is 7. The number of carboxylic acids is 1. The lowest BCUT2D eigenvalue weighted by molar-refractivity contribution is -0.141. The molecule has 0 aliphatic heterocycles. The second kappa shape index (κ2) is 23.8. The highest BCUT2D eigenvalue weighted by Crippen LogP contribution is 2.30. The van der Waals surface area contributed by atoms with Gasteiger partial charge < -0.3 is 52.4 Å². The number of rotatable bonds is 22. The predicted molar refractivity (Wildman–Crippen MR) is 238 cm³/mol. The van der Waals surface area contributed by atoms with Crippen molar-refractivity contribution in [2.75, 3.05) is 44.9 Å². The molecule has 4 atom stereocenters. The van der Waals surface area contributed by atoms with Crippen LogP contribution in [-0.4, -0.2) is 110 Å². The van der Waals surface area contributed by atoms with Gasteiger partial charge in [0.2, 0.25) is 23.6 Å². The maximum atomic E-state index is 14.0. The Balaban J connectivity index is 2.08. The number of anilines is 2. The minimum Gasteiger partial charge on any atom is -0.478 e. The van der Waals surface area contributed by atoms with Crippen LogP contribution in [0.15, 0.2) is 60.2 Å². The fourth-order valence-corrected chi connectivity index (χ4v) is 6.68. The molecule has 0 aliphatic rings. The van der Waals surface area contributed by atoms with Crippen LogP contribution in [0.4, 0.5) is 21.0 Å². The van der Waals surface area contributed by atoms with Crippen molar-refractivity contribution in [3.8, 4) is 0 Å². The molecule has 342 valence electrons. The van der Waals surface area contributed by atoms with Crippen molar-refractivity contribution in [1.29, 1.82) is 0 Å². The zero-order valence-electron chi connectivity index (χ0n) is 37.9. The van der Waals surface area contributed by atoms with Gasteiger partial charge in [0.15, 0.2) is 0 Å². The summed E-state index contributed by atoms with van der Waals surface area (Å²) in [6.07, 6.45) is 1.51. The molecule has 0 spiro atoms. The van der Waals surface area contributed by atoms with Crippen molar-refractivity contribution < 1.29 is 43.4 Å². The van der Waals surface area contributed by atoms with E-state index in [4.69, 9.17) is 10.5 Å². The van der Waals surface area contributed by atoms with Gasteiger partial charge in [0.1, 0.15) is 18.7 Å². The number of ether oxygens (including phenoxy) is 1. The molecular formula is C44H67N9O9. The number of hydrogen-bond acceptors (Lipinski definition) is 10. The Morgan fingerprint density at radius 2 is 1.42 bits per heavy atom. The number of primary amides is 1. The van der Waals surface area contributed by atoms with Crippen molar-refractivity contribution in [1.82, 2.24) is 31.5 Å². The van der Waals surface area contributed by atoms with Gasteiger partial charge in [-0.05, 0) is 80.6 Å². The number of benzene rings is 2. The molecule has 0 aromatic heterocycles. The molecule has 0 radical (unpaired) electrons. The lowest BCUT2D eigenvalue weighted by Gasteiger charge is -2.40. The van der Waals surface area contributed by atoms with E-state index < -0.39 is 64.9 Å². The summed E-state index contributed by atoms with van der Waals surface area (Å²) < 4.78 is 5.42. The lowest BCUT2D eigenvalue weighted by atomic mass is 9.76. The van der Waals surface area contributed by atoms with Crippen molar-refractivity contribution in [3.63, 3.8) is 0 Å². The molecule has 2 aromatic rings. The number of urea groups is 1. The molecule has 0 bridgehead atoms. The summed E-state index contributed by atoms with van der Waals surface area (Å²) in [4.78, 5) is 90.0. The van der Waals surface area contributed by atoms with Gasteiger partial charge in [0.25, 0.3) is 0 Å². The van der Waals surface area contributed by atoms with Gasteiger partial charge in [-0.1, -0.05) is 78.8 Å². The zero-order chi connectivity index (χ0) is 46.9. The van der Waals surface area contributed by atoms with Crippen LogP contribution in [0.25, 0.3) is 0 Å². The van der Waals surface area contributed by atoms with Gasteiger partial charge >= 0.3 is 18.1 Å². The van der Waals surface area contributed by atoms with Gasteiger partial charge in [0, 0.05) is 36.0 Å². The number of hydrogen-bond donors (Lipinski definition) is 9. The van der Waals surface area contributed by atoms with Crippen LogP contribution in [0, 0.1) is 11.3 Å². The molecular weight excluding hydrogens is 799 g/mol. The van der Waals surface area contributed by atoms with Gasteiger partial charge in [-0.2, -0.15) is 0 Å². The molecule has 2 aromatic carbocycles. The predicted octanol–water partition coefficient (Wildman–Crippen LogP) is 3.44. The number of carbonyl (C=O) groups is 7. The first kappa shape index (κ1) is 52.1. The average Bonchev–Trinajstić information content (AvgIpc) is 3.19. The molecule has 0 saturated heterocycles. The van der Waals surface area contributed by atoms with Gasteiger partial charge in [0.05, 0.1) is 18.6 Å². The maximum Gasteiger partial charge on any atom is 0.411 e. The average molecular weight is 866 g/mol. The summed E-state index contributed by atoms with van der Waals surface area (Å²) in [6, 6.07) is 9.83. The second-order valence-corrected chi connectivity index (χ2v) is 17.1. The largest absolute Gasteiger partial charge is 0.478 e. The van der Waals surface area contributed by atoms with Crippen LogP contribution in [0.2, 0.25) is 0 Å². The number of aliphatic carboxylic acids is 1. The fourth-order valence-electron chi connectivity index (χ4n) is 6.68. The van der Waals surface area contributed by atoms with Crippen LogP contribution in [-0.2, 0) is 40.7 Å². The molecule has 2 rings (SSSR count). The van der Waals surface area contributed by atoms with Gasteiger partial charge in [-0.25, -0.2) is 14.4 Å². The first-order valence-electron chi connectivity index (χ1n) is 20.5. The van der Waals surface area contributed by atoms with E-state index in [0.717, 1.165) is 5.56 Å². The Hall–Kier alpha value is -6.01. The highest BCUT2D eigenvalue weighted by Gasteiger charge is 2.41. The fraction of sp³-hybridized carbons (Fsp3) is 0.523. The van der Waals surface area contributed by atoms with Gasteiger partial charge in [-0.15, -0.1) is 0 Å². The van der Waals surface area contributed by atoms with Crippen molar-refractivity contribution in [2.24, 2.45) is 17.1 Å². The normalized spacial score (nSPS) is 13.8. The van der Waals surface area contributed by atoms with Crippen molar-refractivity contribution in [2.45, 2.75) is 104 Å². The minimum absolute atomic E-state index is 0.0220. The lowest BCUT2D eigenvalue weighted by Crippen LogP contribution is -2.61. The first-order chi connectivity index (χ1) is 28.9. The second-order valence-electron chi connectivity index (χ2n) is 17.1. The van der Waals surface area contributed by atoms with E-state index in [0.29, 0.717) is 23.4 Å². The van der Waals surface area contributed by atoms with Crippen LogP contribution < -0.4 is 43.0 Å². The Bertz CT molecular complexity index is 1890. The summed E-state index contributed by atoms with van der Waals surface area (Å²) in [5, 5.41) is 28.9. The van der Waals surface area contributed by atoms with E-state index >= 15 is 0 Å². The summed E-state index contributed by atoms with van der Waals surface area (Å²) in [7, 11) is 4.89. The molecule has 0 heterocycles. The quantitative estimate of drug-likeness (QED) is 0.0612. The topological polar surface area (TPSA) is 262 Å². The molecule has 18 nitrogen and oxygen atoms in total. The standard InChI is InChI=1S/C44H67N9O9/c1-26(2)33(23-27(3)40(58)59)53(11)39(57)36(43(4,5)6)52-38(56)35(47-10)44(7,8)29-16-20-31(21-17-29)50-42(61)62-25-28-14-18-30(19-15-28)49-37(55)32(51-34(54)24-46-9)13-12-22-48-41(45)60/h14-21,23,26,32-33,35-36,46-47H,12-13,22,24-25H2,1-11H3,(H,49,55)(H,50,61)(H,51,54)(H,52,56)(H,58,59)(H3,45,48,60)/b27-23+. The smallest absolute Gasteiger partial charge is 0.411 e. The monoisotopic (exact) mass is 866 g/mol. The Morgan fingerprint density at radius 3 is 1.94 bits per heavy atom. The summed E-state index contributed by atoms with van der Waals surface area (Å²) in [5.74, 6) is -2.73. The molecule has 62 heavy (non-hydrogen) atoms. The molecule has 0 aliphatic carbocycles. The highest BCUT2D eigenvalue weighted by molar-refractivity contribution is 5.97. The third-order valence-electron chi connectivity index (χ3n) is 10.3. The van der Waals surface area contributed by atoms with E-state index in [9.17, 15) is 38.7 Å². The Kier molecular flexibility index (Phi) is 20.0. The molecule has 10 N–H and O–H groups in total. The number of nitrogens with two attached hydrogens (primary N) is 1. The number of carbonyl (C=O) groups excluding carboxylic acids is 6. The molecule has 7 amide bonds. The summed E-state index contributed by atoms with van der Waals surface area (Å²) >= 11 is 0. The molecule has 4 unspecified atom stereocenters. The Labute approximate surface area is 364 Å². The van der Waals surface area contributed by atoms with E-state index in [2.05, 4.69) is 37.2 Å². The third kappa shape index (κ3) is 16.1. The van der Waals surface area contributed by atoms with E-state index in [1.54, 1.807) is 75.7 Å². The molecule has 18 heteroatoms. The van der Waals surface area contributed by atoms with Crippen LogP contribution in [0.3, 0.4) is 0 Å². The first-order valence-corrected chi connectivity index (χ1v) is 20.5. The van der Waals surface area contributed by atoms with Crippen molar-refractivity contribution in [3.05, 3.63) is 71.3 Å². The Morgan fingerprint density at radius 1 is 0.839 bits per heavy atom. The van der Waals surface area contributed by atoms with E-state index in [-0.39, 0.29) is 49.4 Å². The third-order valence-corrected chi connectivity index (χ3v) is 10.3. The number of nitrogens with zero attached hydrogens (tertiary/aromatic N) is 1. The molecule has 0 fully saturated rings. The summed E-state index contributed by atoms with van der Waals surface area (Å²) in [5.41, 5.74) is 6.06. The SMILES string of the molecule is CNCC(=O)NC(CCCNC(N)=O)C(=O)Nc1ccc(COC(=O)Nc2ccc(C(C)(C)C(NC)C(=O)NC(C(=O)N(C)C(/C=C(\C)C(=O)O)C(C)C)C(C)(C)C)cc2)cc1. The van der Waals surface area contributed by atoms with Crippen molar-refractivity contribution >= 4 is 53.1 Å². The molecule has 0 saturated carbocycles.